The van der Waals surface area contributed by atoms with E-state index in [9.17, 15) is 13.2 Å². The summed E-state index contributed by atoms with van der Waals surface area (Å²) in [6.45, 7) is 5.82. The van der Waals surface area contributed by atoms with Crippen molar-refractivity contribution < 1.29 is 13.2 Å². The van der Waals surface area contributed by atoms with Crippen LogP contribution in [0.15, 0.2) is 41.4 Å². The van der Waals surface area contributed by atoms with Crippen molar-refractivity contribution in [2.45, 2.75) is 24.7 Å². The predicted octanol–water partition coefficient (Wildman–Crippen LogP) is 3.06. The standard InChI is InChI=1S/C22H29ClN4O3S/c1-17-7-9-27(10-8-17)31(29,30)20-15-21(24(2)16-20)22(28)26-13-11-25(12-14-26)19-5-3-18(23)4-6-19/h3-6,15-17H,7-14H2,1-2H3. The van der Waals surface area contributed by atoms with Gasteiger partial charge in [0.2, 0.25) is 10.0 Å². The van der Waals surface area contributed by atoms with Gasteiger partial charge in [-0.25, -0.2) is 8.42 Å². The zero-order chi connectivity index (χ0) is 22.2. The summed E-state index contributed by atoms with van der Waals surface area (Å²) in [7, 11) is -1.85. The molecule has 0 N–H and O–H groups in total. The fourth-order valence-corrected chi connectivity index (χ4v) is 5.91. The van der Waals surface area contributed by atoms with Crippen LogP contribution in [-0.4, -0.2) is 67.4 Å². The molecule has 2 saturated heterocycles. The highest BCUT2D eigenvalue weighted by atomic mass is 35.5. The van der Waals surface area contributed by atoms with Crippen molar-refractivity contribution in [1.82, 2.24) is 13.8 Å². The summed E-state index contributed by atoms with van der Waals surface area (Å²) in [6.07, 6.45) is 3.30. The number of aryl methyl sites for hydroxylation is 1. The molecule has 0 bridgehead atoms. The van der Waals surface area contributed by atoms with Crippen molar-refractivity contribution in [1.29, 1.82) is 0 Å². The first-order chi connectivity index (χ1) is 14.8. The third kappa shape index (κ3) is 4.61. The second kappa shape index (κ2) is 8.84. The van der Waals surface area contributed by atoms with Gasteiger partial charge in [-0.3, -0.25) is 4.79 Å². The van der Waals surface area contributed by atoms with Gasteiger partial charge in [0.25, 0.3) is 5.91 Å². The molecule has 0 saturated carbocycles. The lowest BCUT2D eigenvalue weighted by atomic mass is 10.0. The molecule has 9 heteroatoms. The van der Waals surface area contributed by atoms with E-state index in [-0.39, 0.29) is 10.8 Å². The van der Waals surface area contributed by atoms with Crippen LogP contribution in [0.3, 0.4) is 0 Å². The molecule has 2 fully saturated rings. The molecule has 0 spiro atoms. The van der Waals surface area contributed by atoms with E-state index in [0.29, 0.717) is 42.8 Å². The minimum atomic E-state index is -3.58. The summed E-state index contributed by atoms with van der Waals surface area (Å²) in [5.41, 5.74) is 1.49. The number of hydrogen-bond acceptors (Lipinski definition) is 4. The number of sulfonamides is 1. The molecule has 0 atom stereocenters. The zero-order valence-electron chi connectivity index (χ0n) is 18.0. The van der Waals surface area contributed by atoms with Crippen LogP contribution >= 0.6 is 11.6 Å². The van der Waals surface area contributed by atoms with Gasteiger partial charge in [-0.15, -0.1) is 0 Å². The van der Waals surface area contributed by atoms with Gasteiger partial charge in [0, 0.05) is 63.2 Å². The summed E-state index contributed by atoms with van der Waals surface area (Å²) < 4.78 is 29.3. The number of aromatic nitrogens is 1. The fraction of sp³-hybridized carbons (Fsp3) is 0.500. The molecule has 1 aromatic carbocycles. The van der Waals surface area contributed by atoms with E-state index in [4.69, 9.17) is 11.6 Å². The minimum absolute atomic E-state index is 0.132. The average Bonchev–Trinajstić information content (AvgIpc) is 3.17. The molecule has 1 amide bonds. The van der Waals surface area contributed by atoms with Crippen molar-refractivity contribution in [2.24, 2.45) is 13.0 Å². The maximum Gasteiger partial charge on any atom is 0.270 e. The van der Waals surface area contributed by atoms with Crippen molar-refractivity contribution in [3.8, 4) is 0 Å². The molecule has 4 rings (SSSR count). The molecule has 0 radical (unpaired) electrons. The number of amides is 1. The molecule has 3 heterocycles. The van der Waals surface area contributed by atoms with Crippen LogP contribution in [0.1, 0.15) is 30.3 Å². The number of hydrogen-bond donors (Lipinski definition) is 0. The lowest BCUT2D eigenvalue weighted by Gasteiger charge is -2.36. The highest BCUT2D eigenvalue weighted by Crippen LogP contribution is 2.25. The van der Waals surface area contributed by atoms with Gasteiger partial charge in [-0.1, -0.05) is 18.5 Å². The second-order valence-corrected chi connectivity index (χ2v) is 10.9. The molecule has 0 aliphatic carbocycles. The summed E-state index contributed by atoms with van der Waals surface area (Å²) in [6, 6.07) is 9.22. The van der Waals surface area contributed by atoms with Crippen molar-refractivity contribution >= 4 is 33.2 Å². The summed E-state index contributed by atoms with van der Waals surface area (Å²) in [4.78, 5) is 17.3. The van der Waals surface area contributed by atoms with Gasteiger partial charge in [-0.2, -0.15) is 4.31 Å². The first kappa shape index (κ1) is 22.2. The smallest absolute Gasteiger partial charge is 0.270 e. The number of piperidine rings is 1. The quantitative estimate of drug-likeness (QED) is 0.697. The van der Waals surface area contributed by atoms with Gasteiger partial charge in [0.05, 0.1) is 0 Å². The second-order valence-electron chi connectivity index (χ2n) is 8.51. The van der Waals surface area contributed by atoms with Gasteiger partial charge >= 0.3 is 0 Å². The van der Waals surface area contributed by atoms with Crippen LogP contribution in [0.2, 0.25) is 5.02 Å². The molecule has 2 aromatic rings. The van der Waals surface area contributed by atoms with E-state index >= 15 is 0 Å². The summed E-state index contributed by atoms with van der Waals surface area (Å²) >= 11 is 5.97. The lowest BCUT2D eigenvalue weighted by molar-refractivity contribution is 0.0737. The first-order valence-corrected chi connectivity index (χ1v) is 12.5. The number of anilines is 1. The molecule has 2 aliphatic heterocycles. The molecule has 7 nitrogen and oxygen atoms in total. The molecular formula is C22H29ClN4O3S. The number of rotatable bonds is 4. The Morgan fingerprint density at radius 3 is 2.23 bits per heavy atom. The molecular weight excluding hydrogens is 436 g/mol. The van der Waals surface area contributed by atoms with Crippen molar-refractivity contribution in [3.05, 3.63) is 47.2 Å². The van der Waals surface area contributed by atoms with Crippen LogP contribution in [0, 0.1) is 5.92 Å². The van der Waals surface area contributed by atoms with Gasteiger partial charge in [0.1, 0.15) is 10.6 Å². The number of carbonyl (C=O) groups is 1. The van der Waals surface area contributed by atoms with Crippen LogP contribution in [0.5, 0.6) is 0 Å². The number of piperazine rings is 1. The van der Waals surface area contributed by atoms with Gasteiger partial charge in [-0.05, 0) is 49.1 Å². The normalized spacial score (nSPS) is 19.1. The van der Waals surface area contributed by atoms with E-state index in [1.807, 2.05) is 24.3 Å². The molecule has 31 heavy (non-hydrogen) atoms. The fourth-order valence-electron chi connectivity index (χ4n) is 4.24. The Morgan fingerprint density at radius 2 is 1.61 bits per heavy atom. The Bertz CT molecular complexity index is 1040. The third-order valence-electron chi connectivity index (χ3n) is 6.34. The lowest BCUT2D eigenvalue weighted by Crippen LogP contribution is -2.49. The number of carbonyl (C=O) groups excluding carboxylic acids is 1. The largest absolute Gasteiger partial charge is 0.368 e. The summed E-state index contributed by atoms with van der Waals surface area (Å²) in [5.74, 6) is 0.415. The maximum absolute atomic E-state index is 13.1. The first-order valence-electron chi connectivity index (χ1n) is 10.7. The van der Waals surface area contributed by atoms with Gasteiger partial charge < -0.3 is 14.4 Å². The number of benzene rings is 1. The molecule has 1 aromatic heterocycles. The molecule has 2 aliphatic rings. The van der Waals surface area contributed by atoms with Crippen LogP contribution in [-0.2, 0) is 17.1 Å². The molecule has 0 unspecified atom stereocenters. The average molecular weight is 465 g/mol. The van der Waals surface area contributed by atoms with Crippen LogP contribution in [0.25, 0.3) is 0 Å². The van der Waals surface area contributed by atoms with E-state index < -0.39 is 10.0 Å². The zero-order valence-corrected chi connectivity index (χ0v) is 19.6. The topological polar surface area (TPSA) is 65.9 Å². The Hall–Kier alpha value is -2.03. The monoisotopic (exact) mass is 464 g/mol. The predicted molar refractivity (Wildman–Crippen MR) is 122 cm³/mol. The van der Waals surface area contributed by atoms with Crippen LogP contribution < -0.4 is 4.90 Å². The Morgan fingerprint density at radius 1 is 1.00 bits per heavy atom. The van der Waals surface area contributed by atoms with Crippen LogP contribution in [0.4, 0.5) is 5.69 Å². The number of nitrogens with zero attached hydrogens (tertiary/aromatic N) is 4. The van der Waals surface area contributed by atoms with Crippen molar-refractivity contribution in [3.63, 3.8) is 0 Å². The maximum atomic E-state index is 13.1. The van der Waals surface area contributed by atoms with E-state index in [1.54, 1.807) is 27.0 Å². The van der Waals surface area contributed by atoms with E-state index in [0.717, 1.165) is 31.6 Å². The Balaban J connectivity index is 1.44. The van der Waals surface area contributed by atoms with E-state index in [2.05, 4.69) is 11.8 Å². The highest BCUT2D eigenvalue weighted by Gasteiger charge is 2.31. The summed E-state index contributed by atoms with van der Waals surface area (Å²) in [5, 5.41) is 0.700. The molecule has 168 valence electrons. The Labute approximate surface area is 189 Å². The van der Waals surface area contributed by atoms with Gasteiger partial charge in [0.15, 0.2) is 0 Å². The van der Waals surface area contributed by atoms with E-state index in [1.165, 1.54) is 6.07 Å². The minimum Gasteiger partial charge on any atom is -0.368 e. The number of halogens is 1. The van der Waals surface area contributed by atoms with Crippen molar-refractivity contribution in [2.75, 3.05) is 44.2 Å². The Kier molecular flexibility index (Phi) is 6.32. The SMILES string of the molecule is CC1CCN(S(=O)(=O)c2cc(C(=O)N3CCN(c4ccc(Cl)cc4)CC3)n(C)c2)CC1. The third-order valence-corrected chi connectivity index (χ3v) is 8.45. The highest BCUT2D eigenvalue weighted by molar-refractivity contribution is 7.89.